The molecule has 1 aliphatic heterocycles. The van der Waals surface area contributed by atoms with Gasteiger partial charge in [-0.15, -0.1) is 25.6 Å². The van der Waals surface area contributed by atoms with Crippen LogP contribution in [0.15, 0.2) is 24.3 Å². The van der Waals surface area contributed by atoms with E-state index < -0.39 is 37.2 Å². The number of alkyl halides is 5. The SMILES string of the molecule is Cl.O=C(NCCc1ccc(OC(F)(F)F)cc1)C1CC(F)(F)CN1. The zero-order valence-electron chi connectivity index (χ0n) is 12.3. The molecule has 10 heteroatoms. The number of rotatable bonds is 5. The molecule has 1 aromatic carbocycles. The van der Waals surface area contributed by atoms with E-state index in [1.54, 1.807) is 0 Å². The lowest BCUT2D eigenvalue weighted by Gasteiger charge is -2.12. The van der Waals surface area contributed by atoms with Crippen LogP contribution in [-0.4, -0.2) is 37.3 Å². The molecule has 24 heavy (non-hydrogen) atoms. The van der Waals surface area contributed by atoms with Gasteiger partial charge in [0.2, 0.25) is 5.91 Å². The molecule has 1 saturated heterocycles. The van der Waals surface area contributed by atoms with E-state index in [0.717, 1.165) is 0 Å². The maximum atomic E-state index is 13.0. The van der Waals surface area contributed by atoms with Gasteiger partial charge in [0.05, 0.1) is 12.6 Å². The molecule has 0 spiro atoms. The lowest BCUT2D eigenvalue weighted by molar-refractivity contribution is -0.274. The van der Waals surface area contributed by atoms with E-state index in [9.17, 15) is 26.7 Å². The summed E-state index contributed by atoms with van der Waals surface area (Å²) in [6.45, 7) is -0.326. The lowest BCUT2D eigenvalue weighted by Crippen LogP contribution is -2.41. The van der Waals surface area contributed by atoms with Crippen LogP contribution in [0.3, 0.4) is 0 Å². The van der Waals surface area contributed by atoms with Crippen molar-refractivity contribution in [1.82, 2.24) is 10.6 Å². The van der Waals surface area contributed by atoms with Crippen molar-refractivity contribution in [2.75, 3.05) is 13.1 Å². The van der Waals surface area contributed by atoms with E-state index in [2.05, 4.69) is 15.4 Å². The first kappa shape index (κ1) is 20.4. The summed E-state index contributed by atoms with van der Waals surface area (Å²) in [4.78, 5) is 11.7. The molecule has 1 heterocycles. The van der Waals surface area contributed by atoms with Crippen LogP contribution in [0.5, 0.6) is 5.75 Å². The highest BCUT2D eigenvalue weighted by atomic mass is 35.5. The Bertz CT molecular complexity index is 551. The van der Waals surface area contributed by atoms with Gasteiger partial charge in [-0.3, -0.25) is 10.1 Å². The Kier molecular flexibility index (Phi) is 6.79. The standard InChI is InChI=1S/C14H15F5N2O2.ClH/c15-13(16)7-11(21-8-13)12(22)20-6-5-9-1-3-10(4-2-9)23-14(17,18)19;/h1-4,11,21H,5-8H2,(H,20,22);1H. The van der Waals surface area contributed by atoms with Crippen LogP contribution in [0.1, 0.15) is 12.0 Å². The van der Waals surface area contributed by atoms with Crippen molar-refractivity contribution >= 4 is 18.3 Å². The Balaban J connectivity index is 0.00000288. The van der Waals surface area contributed by atoms with E-state index in [0.29, 0.717) is 12.0 Å². The molecule has 2 rings (SSSR count). The van der Waals surface area contributed by atoms with Gasteiger partial charge in [-0.2, -0.15) is 0 Å². The molecule has 1 aliphatic rings. The zero-order valence-corrected chi connectivity index (χ0v) is 13.1. The lowest BCUT2D eigenvalue weighted by atomic mass is 10.1. The Hall–Kier alpha value is -1.61. The van der Waals surface area contributed by atoms with Crippen molar-refractivity contribution in [2.24, 2.45) is 0 Å². The Morgan fingerprint density at radius 2 is 1.92 bits per heavy atom. The molecular formula is C14H16ClF5N2O2. The minimum Gasteiger partial charge on any atom is -0.406 e. The predicted octanol–water partition coefficient (Wildman–Crippen LogP) is 2.66. The largest absolute Gasteiger partial charge is 0.573 e. The summed E-state index contributed by atoms with van der Waals surface area (Å²) >= 11 is 0. The van der Waals surface area contributed by atoms with Crippen LogP contribution in [0, 0.1) is 0 Å². The molecule has 0 aliphatic carbocycles. The van der Waals surface area contributed by atoms with Crippen LogP contribution in [0.2, 0.25) is 0 Å². The second kappa shape index (κ2) is 7.98. The van der Waals surface area contributed by atoms with Crippen molar-refractivity contribution < 1.29 is 31.5 Å². The first-order chi connectivity index (χ1) is 10.6. The number of amides is 1. The van der Waals surface area contributed by atoms with Gasteiger partial charge < -0.3 is 10.1 Å². The molecule has 0 bridgehead atoms. The molecule has 1 amide bonds. The first-order valence-corrected chi connectivity index (χ1v) is 6.88. The summed E-state index contributed by atoms with van der Waals surface area (Å²) in [5.41, 5.74) is 0.685. The third-order valence-corrected chi connectivity index (χ3v) is 3.30. The number of carbonyl (C=O) groups excluding carboxylic acids is 1. The van der Waals surface area contributed by atoms with Gasteiger partial charge in [0.15, 0.2) is 0 Å². The third-order valence-electron chi connectivity index (χ3n) is 3.30. The topological polar surface area (TPSA) is 50.4 Å². The number of halogens is 6. The second-order valence-corrected chi connectivity index (χ2v) is 5.23. The molecule has 136 valence electrons. The zero-order chi connectivity index (χ0) is 17.1. The van der Waals surface area contributed by atoms with Gasteiger partial charge >= 0.3 is 6.36 Å². The van der Waals surface area contributed by atoms with Gasteiger partial charge in [-0.1, -0.05) is 12.1 Å². The average Bonchev–Trinajstić information content (AvgIpc) is 2.79. The van der Waals surface area contributed by atoms with Crippen molar-refractivity contribution in [2.45, 2.75) is 31.2 Å². The summed E-state index contributed by atoms with van der Waals surface area (Å²) < 4.78 is 65.7. The molecule has 1 atom stereocenters. The molecule has 4 nitrogen and oxygen atoms in total. The molecule has 1 aromatic rings. The van der Waals surface area contributed by atoms with Gasteiger partial charge in [0, 0.05) is 13.0 Å². The van der Waals surface area contributed by atoms with Gasteiger partial charge in [-0.05, 0) is 24.1 Å². The average molecular weight is 375 g/mol. The number of benzene rings is 1. The maximum Gasteiger partial charge on any atom is 0.573 e. The number of hydrogen-bond donors (Lipinski definition) is 2. The minimum absolute atomic E-state index is 0. The first-order valence-electron chi connectivity index (χ1n) is 6.88. The summed E-state index contributed by atoms with van der Waals surface area (Å²) in [5, 5.41) is 4.96. The highest BCUT2D eigenvalue weighted by Gasteiger charge is 2.42. The summed E-state index contributed by atoms with van der Waals surface area (Å²) in [7, 11) is 0. The highest BCUT2D eigenvalue weighted by molar-refractivity contribution is 5.85. The van der Waals surface area contributed by atoms with Crippen LogP contribution in [0.4, 0.5) is 22.0 Å². The fourth-order valence-corrected chi connectivity index (χ4v) is 2.21. The van der Waals surface area contributed by atoms with Gasteiger partial charge in [-0.25, -0.2) is 8.78 Å². The fourth-order valence-electron chi connectivity index (χ4n) is 2.21. The van der Waals surface area contributed by atoms with Gasteiger partial charge in [0.1, 0.15) is 5.75 Å². The summed E-state index contributed by atoms with van der Waals surface area (Å²) in [5.74, 6) is -3.72. The molecule has 0 aromatic heterocycles. The molecule has 0 radical (unpaired) electrons. The Labute approximate surface area is 141 Å². The van der Waals surface area contributed by atoms with Crippen LogP contribution < -0.4 is 15.4 Å². The van der Waals surface area contributed by atoms with Gasteiger partial charge in [0.25, 0.3) is 5.92 Å². The Morgan fingerprint density at radius 3 is 2.42 bits per heavy atom. The van der Waals surface area contributed by atoms with Crippen molar-refractivity contribution in [3.05, 3.63) is 29.8 Å². The fraction of sp³-hybridized carbons (Fsp3) is 0.500. The molecular weight excluding hydrogens is 359 g/mol. The Morgan fingerprint density at radius 1 is 1.29 bits per heavy atom. The van der Waals surface area contributed by atoms with E-state index in [-0.39, 0.29) is 24.7 Å². The molecule has 1 unspecified atom stereocenters. The van der Waals surface area contributed by atoms with E-state index in [4.69, 9.17) is 0 Å². The predicted molar refractivity (Wildman–Crippen MR) is 78.4 cm³/mol. The van der Waals surface area contributed by atoms with Crippen molar-refractivity contribution in [1.29, 1.82) is 0 Å². The quantitative estimate of drug-likeness (QED) is 0.779. The van der Waals surface area contributed by atoms with E-state index in [1.165, 1.54) is 24.3 Å². The highest BCUT2D eigenvalue weighted by Crippen LogP contribution is 2.25. The van der Waals surface area contributed by atoms with Crippen molar-refractivity contribution in [3.63, 3.8) is 0 Å². The molecule has 0 saturated carbocycles. The monoisotopic (exact) mass is 374 g/mol. The van der Waals surface area contributed by atoms with E-state index >= 15 is 0 Å². The summed E-state index contributed by atoms with van der Waals surface area (Å²) in [6, 6.07) is 4.30. The van der Waals surface area contributed by atoms with Crippen LogP contribution in [0.25, 0.3) is 0 Å². The number of nitrogens with one attached hydrogen (secondary N) is 2. The van der Waals surface area contributed by atoms with Crippen molar-refractivity contribution in [3.8, 4) is 5.75 Å². The number of ether oxygens (including phenoxy) is 1. The molecule has 1 fully saturated rings. The summed E-state index contributed by atoms with van der Waals surface area (Å²) in [6.07, 6.45) is -4.92. The number of carbonyl (C=O) groups is 1. The second-order valence-electron chi connectivity index (χ2n) is 5.23. The van der Waals surface area contributed by atoms with Crippen LogP contribution >= 0.6 is 12.4 Å². The maximum absolute atomic E-state index is 13.0. The third kappa shape index (κ3) is 6.48. The smallest absolute Gasteiger partial charge is 0.406 e. The van der Waals surface area contributed by atoms with E-state index in [1.807, 2.05) is 0 Å². The van der Waals surface area contributed by atoms with Crippen LogP contribution in [-0.2, 0) is 11.2 Å². The minimum atomic E-state index is -4.74. The molecule has 2 N–H and O–H groups in total. The number of hydrogen-bond acceptors (Lipinski definition) is 3. The normalized spacial score (nSPS) is 19.5.